The molecule has 2 aromatic rings. The molecule has 1 fully saturated rings. The van der Waals surface area contributed by atoms with E-state index >= 15 is 0 Å². The molecular formula is C20H38N5O6P3S2. The molecule has 206 valence electrons. The van der Waals surface area contributed by atoms with E-state index in [1.165, 1.54) is 34.7 Å². The number of nitrogens with two attached hydrogens (primary N) is 2. The molecule has 36 heavy (non-hydrogen) atoms. The summed E-state index contributed by atoms with van der Waals surface area (Å²) in [5, 5.41) is 10.2. The molecule has 0 spiro atoms. The Morgan fingerprint density at radius 2 is 1.89 bits per heavy atom. The molecule has 0 aliphatic carbocycles. The van der Waals surface area contributed by atoms with Gasteiger partial charge >= 0.3 is 0 Å². The minimum absolute atomic E-state index is 0.0376. The van der Waals surface area contributed by atoms with E-state index in [0.717, 1.165) is 5.56 Å². The first-order valence-corrected chi connectivity index (χ1v) is 14.5. The minimum atomic E-state index is -0.294. The lowest BCUT2D eigenvalue weighted by Crippen LogP contribution is -2.25. The minimum Gasteiger partial charge on any atom is -0.396 e. The molecule has 11 nitrogen and oxygen atoms in total. The summed E-state index contributed by atoms with van der Waals surface area (Å²) in [6, 6.07) is 0. The van der Waals surface area contributed by atoms with Gasteiger partial charge in [-0.25, -0.2) is 9.97 Å². The van der Waals surface area contributed by atoms with Crippen LogP contribution < -0.4 is 11.5 Å². The molecule has 0 radical (unpaired) electrons. The number of rotatable bonds is 7. The van der Waals surface area contributed by atoms with Gasteiger partial charge in [-0.05, 0) is 34.8 Å². The molecule has 3 heterocycles. The summed E-state index contributed by atoms with van der Waals surface area (Å²) < 4.78 is 14.5. The summed E-state index contributed by atoms with van der Waals surface area (Å²) in [5.74, 6) is 6.83. The summed E-state index contributed by atoms with van der Waals surface area (Å²) in [6.07, 6.45) is 3.85. The van der Waals surface area contributed by atoms with Gasteiger partial charge in [-0.15, -0.1) is 0 Å². The van der Waals surface area contributed by atoms with E-state index in [4.69, 9.17) is 35.6 Å². The molecule has 1 saturated heterocycles. The predicted octanol–water partition coefficient (Wildman–Crippen LogP) is 1.82. The van der Waals surface area contributed by atoms with E-state index in [1.807, 2.05) is 10.8 Å². The molecular weight excluding hydrogens is 563 g/mol. The summed E-state index contributed by atoms with van der Waals surface area (Å²) in [6.45, 7) is 6.80. The third-order valence-electron chi connectivity index (χ3n) is 4.51. The molecule has 6 atom stereocenters. The predicted molar refractivity (Wildman–Crippen MR) is 159 cm³/mol. The second-order valence-corrected chi connectivity index (χ2v) is 11.0. The Morgan fingerprint density at radius 1 is 1.22 bits per heavy atom. The van der Waals surface area contributed by atoms with Crippen molar-refractivity contribution in [1.29, 1.82) is 0 Å². The number of aliphatic hydroxyl groups excluding tert-OH is 1. The van der Waals surface area contributed by atoms with Crippen molar-refractivity contribution in [3.8, 4) is 11.8 Å². The van der Waals surface area contributed by atoms with Crippen molar-refractivity contribution in [2.24, 2.45) is 5.73 Å². The van der Waals surface area contributed by atoms with Gasteiger partial charge in [-0.2, -0.15) is 0 Å². The van der Waals surface area contributed by atoms with Gasteiger partial charge in [0, 0.05) is 24.0 Å². The number of nitrogens with zero attached hydrogens (tertiary/aromatic N) is 3. The number of anilines is 1. The van der Waals surface area contributed by atoms with E-state index in [-0.39, 0.29) is 36.3 Å². The van der Waals surface area contributed by atoms with Crippen LogP contribution in [-0.2, 0) is 9.47 Å². The van der Waals surface area contributed by atoms with Crippen molar-refractivity contribution in [1.82, 2.24) is 14.5 Å². The fourth-order valence-corrected chi connectivity index (χ4v) is 5.32. The molecule has 1 aliphatic heterocycles. The maximum absolute atomic E-state index is 9.47. The maximum atomic E-state index is 9.47. The fraction of sp³-hybridized carbons (Fsp3) is 0.600. The van der Waals surface area contributed by atoms with Gasteiger partial charge in [0.15, 0.2) is 0 Å². The van der Waals surface area contributed by atoms with Crippen molar-refractivity contribution in [3.05, 3.63) is 18.1 Å². The van der Waals surface area contributed by atoms with Crippen LogP contribution >= 0.6 is 50.0 Å². The van der Waals surface area contributed by atoms with Crippen LogP contribution in [0.5, 0.6) is 0 Å². The first kappa shape index (κ1) is 35.7. The van der Waals surface area contributed by atoms with Crippen molar-refractivity contribution < 1.29 is 29.3 Å². The van der Waals surface area contributed by atoms with E-state index < -0.39 is 0 Å². The van der Waals surface area contributed by atoms with Crippen LogP contribution in [0.4, 0.5) is 5.82 Å². The van der Waals surface area contributed by atoms with Crippen LogP contribution in [0.3, 0.4) is 0 Å². The van der Waals surface area contributed by atoms with Crippen molar-refractivity contribution in [2.75, 3.05) is 24.8 Å². The Hall–Kier alpha value is -0.310. The van der Waals surface area contributed by atoms with Crippen molar-refractivity contribution in [2.45, 2.75) is 56.8 Å². The summed E-state index contributed by atoms with van der Waals surface area (Å²) >= 11 is 0. The highest BCUT2D eigenvalue weighted by molar-refractivity contribution is 8.77. The number of nitrogen functional groups attached to an aromatic ring is 1. The van der Waals surface area contributed by atoms with Crippen LogP contribution in [0.15, 0.2) is 12.5 Å². The van der Waals surface area contributed by atoms with E-state index in [9.17, 15) is 5.11 Å². The first-order chi connectivity index (χ1) is 17.3. The highest BCUT2D eigenvalue weighted by Gasteiger charge is 2.37. The lowest BCUT2D eigenvalue weighted by molar-refractivity contribution is -0.0382. The third-order valence-corrected chi connectivity index (χ3v) is 7.50. The zero-order valence-electron chi connectivity index (χ0n) is 20.6. The number of ether oxygens (including phenoxy) is 2. The summed E-state index contributed by atoms with van der Waals surface area (Å²) in [7, 11) is 7.72. The fourth-order valence-electron chi connectivity index (χ4n) is 3.32. The molecule has 3 rings (SSSR count). The number of fused-ring (bicyclic) bond motifs is 1. The zero-order chi connectivity index (χ0) is 27.7. The molecule has 2 aromatic heterocycles. The smallest absolute Gasteiger partial charge is 0.148 e. The largest absolute Gasteiger partial charge is 0.396 e. The second kappa shape index (κ2) is 19.7. The van der Waals surface area contributed by atoms with Gasteiger partial charge in [0.1, 0.15) is 30.0 Å². The second-order valence-electron chi connectivity index (χ2n) is 7.93. The highest BCUT2D eigenvalue weighted by Crippen LogP contribution is 2.39. The Balaban J connectivity index is 0.00000190. The molecule has 16 heteroatoms. The molecule has 0 bridgehead atoms. The summed E-state index contributed by atoms with van der Waals surface area (Å²) in [5.41, 5.74) is 13.0. The lowest BCUT2D eigenvalue weighted by atomic mass is 10.1. The quantitative estimate of drug-likeness (QED) is 0.0892. The first-order valence-electron chi connectivity index (χ1n) is 10.6. The number of aliphatic hydroxyl groups is 1. The SMILES string of the molecule is CC(C)(C)SSCOC1CC(n2cc(C#CCN)c3c(N)ncnc32)OC1CCO.OP.OP.OP. The van der Waals surface area contributed by atoms with Crippen LogP contribution in [0, 0.1) is 11.8 Å². The van der Waals surface area contributed by atoms with Crippen LogP contribution in [0.1, 0.15) is 45.4 Å². The van der Waals surface area contributed by atoms with Crippen LogP contribution in [0.2, 0.25) is 0 Å². The van der Waals surface area contributed by atoms with Crippen LogP contribution in [-0.4, -0.2) is 70.4 Å². The number of aromatic nitrogens is 3. The van der Waals surface area contributed by atoms with Gasteiger partial charge in [-0.3, -0.25) is 0 Å². The molecule has 8 N–H and O–H groups in total. The van der Waals surface area contributed by atoms with Gasteiger partial charge in [0.25, 0.3) is 0 Å². The molecule has 6 unspecified atom stereocenters. The molecule has 0 saturated carbocycles. The molecule has 0 amide bonds. The van der Waals surface area contributed by atoms with Gasteiger partial charge in [0.05, 0.1) is 29.7 Å². The third kappa shape index (κ3) is 11.2. The average molecular weight is 602 g/mol. The Morgan fingerprint density at radius 3 is 2.47 bits per heavy atom. The summed E-state index contributed by atoms with van der Waals surface area (Å²) in [4.78, 5) is 29.3. The Bertz CT molecular complexity index is 942. The van der Waals surface area contributed by atoms with Gasteiger partial charge in [0.2, 0.25) is 0 Å². The number of hydrogen-bond acceptors (Lipinski definition) is 12. The lowest BCUT2D eigenvalue weighted by Gasteiger charge is -2.20. The normalized spacial score (nSPS) is 18.6. The highest BCUT2D eigenvalue weighted by atomic mass is 33.1. The number of hydrogen-bond donors (Lipinski definition) is 6. The molecule has 0 aromatic carbocycles. The topological polar surface area (TPSA) is 182 Å². The van der Waals surface area contributed by atoms with E-state index in [1.54, 1.807) is 21.6 Å². The van der Waals surface area contributed by atoms with E-state index in [0.29, 0.717) is 35.6 Å². The average Bonchev–Trinajstić information content (AvgIpc) is 3.46. The Kier molecular flexibility index (Phi) is 19.5. The molecule has 1 aliphatic rings. The van der Waals surface area contributed by atoms with Crippen molar-refractivity contribution >= 4 is 66.8 Å². The standard InChI is InChI=1S/C20H29N5O3S2.3H3OP/c1-20(2,3)30-29-12-27-15-9-16(28-14(15)6-8-26)25-10-13(5-4-7-21)17-18(22)23-11-24-19(17)25;3*1-2/h10-11,14-16,26H,6-9,12,21H2,1-3H3,(H2,22,23,24);3*1H,2H2. The monoisotopic (exact) mass is 601 g/mol. The maximum Gasteiger partial charge on any atom is 0.148 e. The van der Waals surface area contributed by atoms with Crippen molar-refractivity contribution in [3.63, 3.8) is 0 Å². The van der Waals surface area contributed by atoms with Crippen LogP contribution in [0.25, 0.3) is 11.0 Å². The zero-order valence-corrected chi connectivity index (χ0v) is 25.7. The van der Waals surface area contributed by atoms with E-state index in [2.05, 4.69) is 42.6 Å². The van der Waals surface area contributed by atoms with Gasteiger partial charge < -0.3 is 45.3 Å². The Labute approximate surface area is 227 Å². The van der Waals surface area contributed by atoms with Gasteiger partial charge in [-0.1, -0.05) is 54.2 Å².